The van der Waals surface area contributed by atoms with Crippen LogP contribution >= 0.6 is 0 Å². The fraction of sp³-hybridized carbons (Fsp3) is 0. The van der Waals surface area contributed by atoms with Gasteiger partial charge in [-0.2, -0.15) is 15.8 Å². The minimum atomic E-state index is 0.526. The first-order valence-electron chi connectivity index (χ1n) is 16.3. The van der Waals surface area contributed by atoms with E-state index < -0.39 is 0 Å². The summed E-state index contributed by atoms with van der Waals surface area (Å²) in [5, 5.41) is 34.0. The van der Waals surface area contributed by atoms with Gasteiger partial charge in [-0.15, -0.1) is 0 Å². The quantitative estimate of drug-likeness (QED) is 0.193. The van der Waals surface area contributed by atoms with Gasteiger partial charge in [0, 0.05) is 32.8 Å². The van der Waals surface area contributed by atoms with E-state index >= 15 is 0 Å². The molecule has 9 rings (SSSR count). The summed E-state index contributed by atoms with van der Waals surface area (Å²) < 4.78 is 4.47. The molecule has 0 saturated carbocycles. The maximum atomic E-state index is 10.1. The van der Waals surface area contributed by atoms with E-state index in [1.165, 1.54) is 10.8 Å². The average Bonchev–Trinajstić information content (AvgIpc) is 3.70. The van der Waals surface area contributed by atoms with Crippen molar-refractivity contribution in [2.24, 2.45) is 0 Å². The van der Waals surface area contributed by atoms with Crippen LogP contribution in [-0.4, -0.2) is 9.13 Å². The van der Waals surface area contributed by atoms with Gasteiger partial charge < -0.3 is 9.13 Å². The second-order valence-corrected chi connectivity index (χ2v) is 12.3. The van der Waals surface area contributed by atoms with Gasteiger partial charge in [0.1, 0.15) is 0 Å². The molecule has 7 aromatic carbocycles. The standard InChI is InChI=1S/C45H25N5/c46-26-29-19-21-42(50-43-22-20-30(27-47)24-39(43)45-32(28-48)10-8-18-44(45)50)38(23-29)35-13-2-1-12-34(35)31-9-7-11-33(25-31)49-40-16-5-3-14-36(40)37-15-4-6-17-41(37)49/h1-25H. The van der Waals surface area contributed by atoms with Gasteiger partial charge in [-0.3, -0.25) is 0 Å². The Balaban J connectivity index is 1.30. The third-order valence-electron chi connectivity index (χ3n) is 9.62. The topological polar surface area (TPSA) is 81.2 Å². The zero-order valence-corrected chi connectivity index (χ0v) is 26.7. The molecule has 0 saturated heterocycles. The van der Waals surface area contributed by atoms with E-state index in [0.29, 0.717) is 16.7 Å². The van der Waals surface area contributed by atoms with Gasteiger partial charge in [0.2, 0.25) is 0 Å². The van der Waals surface area contributed by atoms with Crippen LogP contribution in [0.5, 0.6) is 0 Å². The number of rotatable bonds is 4. The van der Waals surface area contributed by atoms with E-state index in [1.807, 2.05) is 60.7 Å². The van der Waals surface area contributed by atoms with Crippen LogP contribution in [0, 0.1) is 34.0 Å². The molecule has 0 bridgehead atoms. The molecule has 5 nitrogen and oxygen atoms in total. The molecule has 0 spiro atoms. The summed E-state index contributed by atoms with van der Waals surface area (Å²) in [5.41, 5.74) is 11.5. The predicted octanol–water partition coefficient (Wildman–Crippen LogP) is 10.8. The zero-order chi connectivity index (χ0) is 33.8. The van der Waals surface area contributed by atoms with Gasteiger partial charge in [-0.05, 0) is 89.5 Å². The molecule has 0 fully saturated rings. The highest BCUT2D eigenvalue weighted by Crippen LogP contribution is 2.42. The summed E-state index contributed by atoms with van der Waals surface area (Å²) in [7, 11) is 0. The van der Waals surface area contributed by atoms with Gasteiger partial charge >= 0.3 is 0 Å². The summed E-state index contributed by atoms with van der Waals surface area (Å²) >= 11 is 0. The third-order valence-corrected chi connectivity index (χ3v) is 9.62. The SMILES string of the molecule is N#Cc1ccc(-n2c3ccc(C#N)cc3c3c(C#N)cccc32)c(-c2ccccc2-c2cccc(-n3c4ccccc4c4ccccc43)c2)c1. The Hall–Kier alpha value is -7.39. The molecule has 9 aromatic rings. The van der Waals surface area contributed by atoms with E-state index in [2.05, 4.69) is 112 Å². The van der Waals surface area contributed by atoms with Crippen molar-refractivity contribution in [2.75, 3.05) is 0 Å². The van der Waals surface area contributed by atoms with E-state index in [-0.39, 0.29) is 0 Å². The number of benzene rings is 7. The number of nitriles is 3. The fourth-order valence-corrected chi connectivity index (χ4v) is 7.49. The number of para-hydroxylation sites is 2. The molecular formula is C45H25N5. The van der Waals surface area contributed by atoms with Gasteiger partial charge in [0.15, 0.2) is 0 Å². The lowest BCUT2D eigenvalue weighted by Gasteiger charge is -2.18. The van der Waals surface area contributed by atoms with Crippen LogP contribution < -0.4 is 0 Å². The summed E-state index contributed by atoms with van der Waals surface area (Å²) in [6.45, 7) is 0. The van der Waals surface area contributed by atoms with Gasteiger partial charge in [0.05, 0.1) is 62.7 Å². The summed E-state index contributed by atoms with van der Waals surface area (Å²) in [6.07, 6.45) is 0. The Morgan fingerprint density at radius 3 is 1.76 bits per heavy atom. The van der Waals surface area contributed by atoms with Crippen LogP contribution in [-0.2, 0) is 0 Å². The molecule has 0 aliphatic rings. The number of fused-ring (bicyclic) bond motifs is 6. The monoisotopic (exact) mass is 635 g/mol. The summed E-state index contributed by atoms with van der Waals surface area (Å²) in [4.78, 5) is 0. The number of hydrogen-bond acceptors (Lipinski definition) is 3. The third kappa shape index (κ3) is 4.31. The van der Waals surface area contributed by atoms with Crippen molar-refractivity contribution in [1.82, 2.24) is 9.13 Å². The van der Waals surface area contributed by atoms with Crippen molar-refractivity contribution >= 4 is 43.6 Å². The van der Waals surface area contributed by atoms with E-state index in [9.17, 15) is 15.8 Å². The number of hydrogen-bond donors (Lipinski definition) is 0. The Bertz CT molecular complexity index is 2920. The molecule has 230 valence electrons. The second kappa shape index (κ2) is 11.4. The summed E-state index contributed by atoms with van der Waals surface area (Å²) in [5.74, 6) is 0. The Morgan fingerprint density at radius 2 is 1.02 bits per heavy atom. The van der Waals surface area contributed by atoms with Crippen LogP contribution in [0.25, 0.3) is 77.2 Å². The minimum absolute atomic E-state index is 0.526. The Kier molecular flexibility index (Phi) is 6.56. The van der Waals surface area contributed by atoms with E-state index in [1.54, 1.807) is 6.07 Å². The predicted molar refractivity (Wildman–Crippen MR) is 200 cm³/mol. The molecule has 0 amide bonds. The van der Waals surface area contributed by atoms with Crippen LogP contribution in [0.1, 0.15) is 16.7 Å². The molecule has 0 N–H and O–H groups in total. The highest BCUT2D eigenvalue weighted by molar-refractivity contribution is 6.13. The molecule has 0 radical (unpaired) electrons. The average molecular weight is 636 g/mol. The maximum absolute atomic E-state index is 10.1. The molecule has 0 unspecified atom stereocenters. The van der Waals surface area contributed by atoms with Crippen molar-refractivity contribution in [3.8, 4) is 51.8 Å². The van der Waals surface area contributed by atoms with Crippen molar-refractivity contribution in [3.63, 3.8) is 0 Å². The Morgan fingerprint density at radius 1 is 0.400 bits per heavy atom. The van der Waals surface area contributed by atoms with Gasteiger partial charge in [-0.25, -0.2) is 0 Å². The fourth-order valence-electron chi connectivity index (χ4n) is 7.49. The maximum Gasteiger partial charge on any atom is 0.0998 e. The van der Waals surface area contributed by atoms with Crippen molar-refractivity contribution < 1.29 is 0 Å². The molecule has 50 heavy (non-hydrogen) atoms. The van der Waals surface area contributed by atoms with Crippen LogP contribution in [0.3, 0.4) is 0 Å². The van der Waals surface area contributed by atoms with Crippen LogP contribution in [0.15, 0.2) is 152 Å². The highest BCUT2D eigenvalue weighted by Gasteiger charge is 2.21. The van der Waals surface area contributed by atoms with Crippen molar-refractivity contribution in [1.29, 1.82) is 15.8 Å². The first-order valence-corrected chi connectivity index (χ1v) is 16.3. The lowest BCUT2D eigenvalue weighted by Crippen LogP contribution is -1.99. The van der Waals surface area contributed by atoms with E-state index in [4.69, 9.17) is 0 Å². The molecular weight excluding hydrogens is 611 g/mol. The van der Waals surface area contributed by atoms with Crippen LogP contribution in [0.2, 0.25) is 0 Å². The lowest BCUT2D eigenvalue weighted by molar-refractivity contribution is 1.18. The first-order chi connectivity index (χ1) is 24.7. The Labute approximate surface area is 287 Å². The molecule has 2 aromatic heterocycles. The highest BCUT2D eigenvalue weighted by atomic mass is 15.0. The second-order valence-electron chi connectivity index (χ2n) is 12.3. The molecule has 0 aliphatic heterocycles. The van der Waals surface area contributed by atoms with Crippen molar-refractivity contribution in [3.05, 3.63) is 168 Å². The normalized spacial score (nSPS) is 11.1. The zero-order valence-electron chi connectivity index (χ0n) is 26.7. The number of aromatic nitrogens is 2. The molecule has 0 aliphatic carbocycles. The van der Waals surface area contributed by atoms with E-state index in [0.717, 1.165) is 66.5 Å². The van der Waals surface area contributed by atoms with Gasteiger partial charge in [-0.1, -0.05) is 78.9 Å². The van der Waals surface area contributed by atoms with Crippen molar-refractivity contribution in [2.45, 2.75) is 0 Å². The number of nitrogens with zero attached hydrogens (tertiary/aromatic N) is 5. The van der Waals surface area contributed by atoms with Gasteiger partial charge in [0.25, 0.3) is 0 Å². The molecule has 0 atom stereocenters. The molecule has 2 heterocycles. The van der Waals surface area contributed by atoms with Crippen LogP contribution in [0.4, 0.5) is 0 Å². The molecule has 5 heteroatoms. The largest absolute Gasteiger partial charge is 0.309 e. The smallest absolute Gasteiger partial charge is 0.0998 e. The minimum Gasteiger partial charge on any atom is -0.309 e. The first kappa shape index (κ1) is 28.8. The summed E-state index contributed by atoms with van der Waals surface area (Å²) in [6, 6.07) is 57.9. The lowest BCUT2D eigenvalue weighted by atomic mass is 9.92.